The Hall–Kier alpha value is -2.54. The minimum Gasteiger partial charge on any atom is -0.508 e. The van der Waals surface area contributed by atoms with Crippen LogP contribution in [0.4, 0.5) is 0 Å². The summed E-state index contributed by atoms with van der Waals surface area (Å²) in [5.41, 5.74) is 8.32. The maximum absolute atomic E-state index is 9.81. The third-order valence-electron chi connectivity index (χ3n) is 4.13. The fourth-order valence-corrected chi connectivity index (χ4v) is 2.74. The second kappa shape index (κ2) is 5.69. The molecule has 1 N–H and O–H groups in total. The number of aryl methyl sites for hydroxylation is 3. The maximum atomic E-state index is 9.81. The highest BCUT2D eigenvalue weighted by Crippen LogP contribution is 2.33. The summed E-state index contributed by atoms with van der Waals surface area (Å²) in [5, 5.41) is 9.81. The first-order valence-corrected chi connectivity index (χ1v) is 7.52. The zero-order chi connectivity index (χ0) is 15.7. The smallest absolute Gasteiger partial charge is 0.116 e. The Morgan fingerprint density at radius 2 is 1.14 bits per heavy atom. The number of hydrogen-bond donors (Lipinski definition) is 1. The topological polar surface area (TPSA) is 20.2 Å². The monoisotopic (exact) mass is 288 g/mol. The summed E-state index contributed by atoms with van der Waals surface area (Å²) in [6, 6.07) is 20.6. The van der Waals surface area contributed by atoms with Crippen molar-refractivity contribution < 1.29 is 5.11 Å². The zero-order valence-electron chi connectivity index (χ0n) is 13.2. The molecule has 0 aliphatic rings. The Labute approximate surface area is 131 Å². The van der Waals surface area contributed by atoms with E-state index in [1.165, 1.54) is 33.4 Å². The van der Waals surface area contributed by atoms with Gasteiger partial charge in [-0.15, -0.1) is 0 Å². The minimum atomic E-state index is 0.306. The molecule has 0 saturated carbocycles. The van der Waals surface area contributed by atoms with Gasteiger partial charge in [-0.1, -0.05) is 48.0 Å². The summed E-state index contributed by atoms with van der Waals surface area (Å²) in [4.78, 5) is 0. The Morgan fingerprint density at radius 1 is 0.591 bits per heavy atom. The number of phenols is 1. The lowest BCUT2D eigenvalue weighted by Crippen LogP contribution is -1.89. The van der Waals surface area contributed by atoms with E-state index in [1.54, 1.807) is 6.07 Å². The van der Waals surface area contributed by atoms with E-state index < -0.39 is 0 Å². The molecular weight excluding hydrogens is 268 g/mol. The molecule has 0 saturated heterocycles. The number of benzene rings is 3. The molecule has 0 atom stereocenters. The summed E-state index contributed by atoms with van der Waals surface area (Å²) in [6.45, 7) is 6.28. The first kappa shape index (κ1) is 14.4. The van der Waals surface area contributed by atoms with Crippen LogP contribution in [0.1, 0.15) is 16.7 Å². The van der Waals surface area contributed by atoms with Crippen molar-refractivity contribution in [1.82, 2.24) is 0 Å². The third-order valence-corrected chi connectivity index (χ3v) is 4.13. The van der Waals surface area contributed by atoms with E-state index >= 15 is 0 Å². The van der Waals surface area contributed by atoms with E-state index in [0.717, 1.165) is 5.56 Å². The van der Waals surface area contributed by atoms with Gasteiger partial charge in [0.1, 0.15) is 5.75 Å². The van der Waals surface area contributed by atoms with E-state index in [-0.39, 0.29) is 0 Å². The van der Waals surface area contributed by atoms with Crippen LogP contribution in [0.15, 0.2) is 60.7 Å². The molecule has 3 aromatic carbocycles. The first-order valence-electron chi connectivity index (χ1n) is 7.52. The molecule has 0 amide bonds. The molecule has 0 fully saturated rings. The van der Waals surface area contributed by atoms with Crippen LogP contribution in [0.3, 0.4) is 0 Å². The highest BCUT2D eigenvalue weighted by atomic mass is 16.3. The fraction of sp³-hybridized carbons (Fsp3) is 0.143. The van der Waals surface area contributed by atoms with Gasteiger partial charge >= 0.3 is 0 Å². The number of phenolic OH excluding ortho intramolecular Hbond substituents is 1. The molecule has 22 heavy (non-hydrogen) atoms. The van der Waals surface area contributed by atoms with Gasteiger partial charge in [0, 0.05) is 0 Å². The van der Waals surface area contributed by atoms with E-state index in [1.807, 2.05) is 12.1 Å². The van der Waals surface area contributed by atoms with Crippen LogP contribution in [-0.4, -0.2) is 5.11 Å². The predicted molar refractivity (Wildman–Crippen MR) is 93.2 cm³/mol. The first-order chi connectivity index (χ1) is 10.5. The molecule has 0 radical (unpaired) electrons. The van der Waals surface area contributed by atoms with Crippen LogP contribution in [-0.2, 0) is 0 Å². The minimum absolute atomic E-state index is 0.306. The van der Waals surface area contributed by atoms with Crippen molar-refractivity contribution in [2.24, 2.45) is 0 Å². The van der Waals surface area contributed by atoms with Crippen molar-refractivity contribution in [2.75, 3.05) is 0 Å². The van der Waals surface area contributed by atoms with Gasteiger partial charge < -0.3 is 5.11 Å². The van der Waals surface area contributed by atoms with Gasteiger partial charge in [-0.2, -0.15) is 0 Å². The quantitative estimate of drug-likeness (QED) is 0.646. The molecule has 0 aromatic heterocycles. The fourth-order valence-electron chi connectivity index (χ4n) is 2.74. The van der Waals surface area contributed by atoms with E-state index in [4.69, 9.17) is 0 Å². The van der Waals surface area contributed by atoms with Crippen LogP contribution in [0.25, 0.3) is 22.3 Å². The molecule has 3 rings (SSSR count). The molecular formula is C21H20O. The van der Waals surface area contributed by atoms with Crippen LogP contribution < -0.4 is 0 Å². The van der Waals surface area contributed by atoms with Crippen LogP contribution in [0.2, 0.25) is 0 Å². The van der Waals surface area contributed by atoms with Crippen molar-refractivity contribution in [3.05, 3.63) is 77.4 Å². The second-order valence-corrected chi connectivity index (χ2v) is 5.89. The Morgan fingerprint density at radius 3 is 1.82 bits per heavy atom. The van der Waals surface area contributed by atoms with Gasteiger partial charge in [-0.05, 0) is 72.4 Å². The van der Waals surface area contributed by atoms with Crippen LogP contribution in [0.5, 0.6) is 5.75 Å². The summed E-state index contributed by atoms with van der Waals surface area (Å²) in [7, 11) is 0. The zero-order valence-corrected chi connectivity index (χ0v) is 13.2. The maximum Gasteiger partial charge on any atom is 0.116 e. The van der Waals surface area contributed by atoms with Crippen molar-refractivity contribution in [3.63, 3.8) is 0 Å². The van der Waals surface area contributed by atoms with E-state index in [0.29, 0.717) is 5.75 Å². The third kappa shape index (κ3) is 2.75. The Balaban J connectivity index is 2.14. The lowest BCUT2D eigenvalue weighted by Gasteiger charge is -2.12. The lowest BCUT2D eigenvalue weighted by molar-refractivity contribution is 0.475. The highest BCUT2D eigenvalue weighted by Gasteiger charge is 2.08. The molecule has 0 aliphatic carbocycles. The van der Waals surface area contributed by atoms with Gasteiger partial charge in [0.15, 0.2) is 0 Å². The van der Waals surface area contributed by atoms with E-state index in [2.05, 4.69) is 63.2 Å². The normalized spacial score (nSPS) is 10.7. The molecule has 0 heterocycles. The Bertz CT molecular complexity index is 814. The number of rotatable bonds is 2. The van der Waals surface area contributed by atoms with Crippen LogP contribution >= 0.6 is 0 Å². The van der Waals surface area contributed by atoms with Gasteiger partial charge in [0.05, 0.1) is 0 Å². The molecule has 1 heteroatoms. The van der Waals surface area contributed by atoms with Crippen molar-refractivity contribution in [1.29, 1.82) is 0 Å². The van der Waals surface area contributed by atoms with Gasteiger partial charge in [-0.25, -0.2) is 0 Å². The molecule has 0 bridgehead atoms. The van der Waals surface area contributed by atoms with Crippen LogP contribution in [0, 0.1) is 20.8 Å². The van der Waals surface area contributed by atoms with E-state index in [9.17, 15) is 5.11 Å². The van der Waals surface area contributed by atoms with Crippen molar-refractivity contribution >= 4 is 0 Å². The summed E-state index contributed by atoms with van der Waals surface area (Å²) in [6.07, 6.45) is 0. The van der Waals surface area contributed by atoms with Crippen molar-refractivity contribution in [2.45, 2.75) is 20.8 Å². The molecule has 110 valence electrons. The summed E-state index contributed by atoms with van der Waals surface area (Å²) < 4.78 is 0. The molecule has 1 nitrogen and oxygen atoms in total. The molecule has 3 aromatic rings. The predicted octanol–water partition coefficient (Wildman–Crippen LogP) is 5.65. The Kier molecular flexibility index (Phi) is 3.72. The van der Waals surface area contributed by atoms with Gasteiger partial charge in [0.25, 0.3) is 0 Å². The average molecular weight is 288 g/mol. The highest BCUT2D eigenvalue weighted by molar-refractivity contribution is 5.77. The molecule has 0 unspecified atom stereocenters. The summed E-state index contributed by atoms with van der Waals surface area (Å²) in [5.74, 6) is 0.306. The number of aromatic hydroxyl groups is 1. The average Bonchev–Trinajstić information content (AvgIpc) is 2.51. The summed E-state index contributed by atoms with van der Waals surface area (Å²) >= 11 is 0. The second-order valence-electron chi connectivity index (χ2n) is 5.89. The van der Waals surface area contributed by atoms with Crippen molar-refractivity contribution in [3.8, 4) is 28.0 Å². The van der Waals surface area contributed by atoms with Gasteiger partial charge in [0.2, 0.25) is 0 Å². The lowest BCUT2D eigenvalue weighted by atomic mass is 9.92. The molecule has 0 spiro atoms. The van der Waals surface area contributed by atoms with Gasteiger partial charge in [-0.3, -0.25) is 0 Å². The molecule has 0 aliphatic heterocycles. The largest absolute Gasteiger partial charge is 0.508 e. The standard InChI is InChI=1S/C21H20O/c1-14-4-8-17(9-5-14)18-10-6-15(2)20(12-18)21-13-19(22)11-7-16(21)3/h4-13,22H,1-3H3. The SMILES string of the molecule is Cc1ccc(-c2ccc(C)c(-c3cc(O)ccc3C)c2)cc1. The number of hydrogen-bond acceptors (Lipinski definition) is 1.